The summed E-state index contributed by atoms with van der Waals surface area (Å²) in [7, 11) is 0. The lowest BCUT2D eigenvalue weighted by Crippen LogP contribution is -2.56. The first kappa shape index (κ1) is 18.0. The van der Waals surface area contributed by atoms with Crippen LogP contribution in [0.1, 0.15) is 31.9 Å². The van der Waals surface area contributed by atoms with E-state index in [9.17, 15) is 14.9 Å². The van der Waals surface area contributed by atoms with Gasteiger partial charge in [-0.3, -0.25) is 19.8 Å². The third-order valence-corrected chi connectivity index (χ3v) is 5.00. The van der Waals surface area contributed by atoms with Crippen LogP contribution in [0, 0.1) is 10.1 Å². The predicted molar refractivity (Wildman–Crippen MR) is 104 cm³/mol. The number of carbonyl (C=O) groups is 1. The second kappa shape index (κ2) is 7.21. The molecule has 6 nitrogen and oxygen atoms in total. The van der Waals surface area contributed by atoms with Gasteiger partial charge in [0.05, 0.1) is 16.7 Å². The Morgan fingerprint density at radius 2 is 1.88 bits per heavy atom. The van der Waals surface area contributed by atoms with Gasteiger partial charge in [0.1, 0.15) is 0 Å². The number of amides is 1. The van der Waals surface area contributed by atoms with Crippen LogP contribution in [-0.2, 0) is 4.79 Å². The Bertz CT molecular complexity index is 856. The number of rotatable bonds is 4. The van der Waals surface area contributed by atoms with Crippen molar-refractivity contribution in [1.29, 1.82) is 0 Å². The Labute approximate surface area is 157 Å². The number of anilines is 1. The van der Waals surface area contributed by atoms with Gasteiger partial charge >= 0.3 is 0 Å². The van der Waals surface area contributed by atoms with Gasteiger partial charge in [-0.05, 0) is 37.7 Å². The van der Waals surface area contributed by atoms with E-state index in [0.717, 1.165) is 5.56 Å². The maximum Gasteiger partial charge on any atom is 0.271 e. The van der Waals surface area contributed by atoms with Crippen molar-refractivity contribution in [3.05, 3.63) is 70.3 Å². The molecule has 2 atom stereocenters. The molecule has 0 bridgehead atoms. The molecule has 1 fully saturated rings. The first-order chi connectivity index (χ1) is 12.4. The number of hydrogen-bond donors (Lipinski definition) is 0. The summed E-state index contributed by atoms with van der Waals surface area (Å²) in [5, 5.41) is 11.4. The van der Waals surface area contributed by atoms with Crippen molar-refractivity contribution < 1.29 is 9.72 Å². The monoisotopic (exact) mass is 369 g/mol. The molecule has 7 heteroatoms. The summed E-state index contributed by atoms with van der Waals surface area (Å²) in [6.07, 6.45) is 0.292. The number of thiocarbonyl (C=S) groups is 1. The van der Waals surface area contributed by atoms with Crippen molar-refractivity contribution >= 4 is 34.6 Å². The maximum atomic E-state index is 12.6. The summed E-state index contributed by atoms with van der Waals surface area (Å²) in [5.74, 6) is -0.153. The molecular weight excluding hydrogens is 350 g/mol. The minimum atomic E-state index is -0.478. The molecule has 1 saturated heterocycles. The highest BCUT2D eigenvalue weighted by atomic mass is 32.1. The minimum absolute atomic E-state index is 0.0204. The summed E-state index contributed by atoms with van der Waals surface area (Å²) in [6, 6.07) is 15.9. The summed E-state index contributed by atoms with van der Waals surface area (Å²) in [5.41, 5.74) is 1.45. The lowest BCUT2D eigenvalue weighted by molar-refractivity contribution is -0.384. The number of hydrogen-bond acceptors (Lipinski definition) is 4. The minimum Gasteiger partial charge on any atom is -0.339 e. The van der Waals surface area contributed by atoms with E-state index in [2.05, 4.69) is 0 Å². The largest absolute Gasteiger partial charge is 0.339 e. The van der Waals surface area contributed by atoms with E-state index in [-0.39, 0.29) is 23.7 Å². The quantitative estimate of drug-likeness (QED) is 0.462. The first-order valence-electron chi connectivity index (χ1n) is 8.35. The zero-order valence-electron chi connectivity index (χ0n) is 14.5. The van der Waals surface area contributed by atoms with Gasteiger partial charge in [-0.25, -0.2) is 0 Å². The number of nitrogens with zero attached hydrogens (tertiary/aromatic N) is 3. The van der Waals surface area contributed by atoms with Gasteiger partial charge in [-0.2, -0.15) is 0 Å². The standard InChI is InChI=1S/C19H19N3O3S/c1-13-11-18(23)21(16-9-6-10-17(12-16)22(24)25)19(26)20(13)14(2)15-7-4-3-5-8-15/h3-10,12-14H,11H2,1-2H3/t13-,14-/m0/s1. The molecule has 2 aromatic carbocycles. The van der Waals surface area contributed by atoms with E-state index in [0.29, 0.717) is 17.2 Å². The Hall–Kier alpha value is -2.80. The van der Waals surface area contributed by atoms with Gasteiger partial charge in [0, 0.05) is 24.6 Å². The van der Waals surface area contributed by atoms with Crippen LogP contribution in [0.4, 0.5) is 11.4 Å². The van der Waals surface area contributed by atoms with Gasteiger partial charge in [-0.15, -0.1) is 0 Å². The van der Waals surface area contributed by atoms with Gasteiger partial charge in [0.2, 0.25) is 5.91 Å². The first-order valence-corrected chi connectivity index (χ1v) is 8.75. The number of carbonyl (C=O) groups excluding carboxylic acids is 1. The summed E-state index contributed by atoms with van der Waals surface area (Å²) < 4.78 is 0. The van der Waals surface area contributed by atoms with Crippen LogP contribution in [-0.4, -0.2) is 26.9 Å². The normalized spacial score (nSPS) is 18.8. The fraction of sp³-hybridized carbons (Fsp3) is 0.263. The molecule has 1 amide bonds. The molecular formula is C19H19N3O3S. The van der Waals surface area contributed by atoms with E-state index in [1.54, 1.807) is 12.1 Å². The zero-order chi connectivity index (χ0) is 18.8. The lowest BCUT2D eigenvalue weighted by atomic mass is 10.0. The predicted octanol–water partition coefficient (Wildman–Crippen LogP) is 4.07. The Morgan fingerprint density at radius 1 is 1.19 bits per heavy atom. The molecule has 0 unspecified atom stereocenters. The molecule has 3 rings (SSSR count). The third-order valence-electron chi connectivity index (χ3n) is 4.60. The third kappa shape index (κ3) is 3.30. The van der Waals surface area contributed by atoms with Gasteiger partial charge in [0.25, 0.3) is 5.69 Å². The molecule has 26 heavy (non-hydrogen) atoms. The van der Waals surface area contributed by atoms with Crippen LogP contribution in [0.5, 0.6) is 0 Å². The fourth-order valence-electron chi connectivity index (χ4n) is 3.29. The Balaban J connectivity index is 1.97. The highest BCUT2D eigenvalue weighted by Crippen LogP contribution is 2.32. The molecule has 0 spiro atoms. The molecule has 0 N–H and O–H groups in total. The van der Waals surface area contributed by atoms with Gasteiger partial charge in [0.15, 0.2) is 5.11 Å². The summed E-state index contributed by atoms with van der Waals surface area (Å²) in [4.78, 5) is 26.7. The molecule has 0 saturated carbocycles. The van der Waals surface area contributed by atoms with Gasteiger partial charge in [-0.1, -0.05) is 36.4 Å². The van der Waals surface area contributed by atoms with E-state index < -0.39 is 4.92 Å². The van der Waals surface area contributed by atoms with E-state index in [1.165, 1.54) is 17.0 Å². The zero-order valence-corrected chi connectivity index (χ0v) is 15.3. The van der Waals surface area contributed by atoms with Crippen LogP contribution in [0.3, 0.4) is 0 Å². The molecule has 2 aromatic rings. The topological polar surface area (TPSA) is 66.7 Å². The second-order valence-electron chi connectivity index (χ2n) is 6.34. The SMILES string of the molecule is C[C@H]1CC(=O)N(c2cccc([N+](=O)[O-])c2)C(=S)N1[C@@H](C)c1ccccc1. The molecule has 134 valence electrons. The highest BCUT2D eigenvalue weighted by molar-refractivity contribution is 7.80. The Morgan fingerprint density at radius 3 is 2.54 bits per heavy atom. The molecule has 0 aliphatic carbocycles. The average molecular weight is 369 g/mol. The van der Waals surface area contributed by atoms with Crippen LogP contribution >= 0.6 is 12.2 Å². The lowest BCUT2D eigenvalue weighted by Gasteiger charge is -2.44. The van der Waals surface area contributed by atoms with Crippen molar-refractivity contribution in [2.24, 2.45) is 0 Å². The summed E-state index contributed by atoms with van der Waals surface area (Å²) >= 11 is 5.63. The van der Waals surface area contributed by atoms with Crippen molar-refractivity contribution in [2.75, 3.05) is 4.90 Å². The molecule has 0 radical (unpaired) electrons. The molecule has 1 heterocycles. The smallest absolute Gasteiger partial charge is 0.271 e. The van der Waals surface area contributed by atoms with E-state index >= 15 is 0 Å². The Kier molecular flexibility index (Phi) is 4.99. The number of non-ortho nitro benzene ring substituents is 1. The van der Waals surface area contributed by atoms with Crippen LogP contribution < -0.4 is 4.90 Å². The van der Waals surface area contributed by atoms with Crippen LogP contribution in [0.15, 0.2) is 54.6 Å². The van der Waals surface area contributed by atoms with E-state index in [1.807, 2.05) is 49.1 Å². The molecule has 0 aromatic heterocycles. The van der Waals surface area contributed by atoms with Crippen molar-refractivity contribution in [3.63, 3.8) is 0 Å². The average Bonchev–Trinajstić information content (AvgIpc) is 2.62. The van der Waals surface area contributed by atoms with Crippen molar-refractivity contribution in [1.82, 2.24) is 4.90 Å². The molecule has 1 aliphatic rings. The van der Waals surface area contributed by atoms with Crippen molar-refractivity contribution in [3.8, 4) is 0 Å². The summed E-state index contributed by atoms with van der Waals surface area (Å²) in [6.45, 7) is 4.01. The fourth-order valence-corrected chi connectivity index (χ4v) is 3.84. The van der Waals surface area contributed by atoms with Crippen molar-refractivity contribution in [2.45, 2.75) is 32.4 Å². The number of nitro groups is 1. The molecule has 1 aliphatic heterocycles. The second-order valence-corrected chi connectivity index (χ2v) is 6.70. The number of benzene rings is 2. The maximum absolute atomic E-state index is 12.6. The van der Waals surface area contributed by atoms with E-state index in [4.69, 9.17) is 12.2 Å². The van der Waals surface area contributed by atoms with Crippen LogP contribution in [0.2, 0.25) is 0 Å². The van der Waals surface area contributed by atoms with Crippen LogP contribution in [0.25, 0.3) is 0 Å². The van der Waals surface area contributed by atoms with Gasteiger partial charge < -0.3 is 4.90 Å². The number of nitro benzene ring substituents is 1. The highest BCUT2D eigenvalue weighted by Gasteiger charge is 2.37.